The molecule has 0 saturated heterocycles. The molecule has 1 atom stereocenters. The molecule has 0 amide bonds. The highest BCUT2D eigenvalue weighted by molar-refractivity contribution is 6.50. The van der Waals surface area contributed by atoms with Crippen LogP contribution in [0, 0.1) is 22.7 Å². The van der Waals surface area contributed by atoms with Gasteiger partial charge in [0.2, 0.25) is 4.33 Å². The van der Waals surface area contributed by atoms with Crippen LogP contribution in [0.15, 0.2) is 0 Å². The molecule has 3 heteroatoms. The average Bonchev–Trinajstić information content (AvgIpc) is 2.41. The van der Waals surface area contributed by atoms with E-state index in [2.05, 4.69) is 13.8 Å². The van der Waals surface area contributed by atoms with Crippen LogP contribution < -0.4 is 0 Å². The molecule has 1 saturated carbocycles. The standard InChI is InChI=1S/C7H9Cl2N/c1-6(2)3-5(6)7(8,9)4-10/h5H,3H2,1-2H3. The zero-order valence-electron chi connectivity index (χ0n) is 5.99. The Morgan fingerprint density at radius 3 is 2.10 bits per heavy atom. The third-order valence-electron chi connectivity index (χ3n) is 2.10. The molecule has 10 heavy (non-hydrogen) atoms. The van der Waals surface area contributed by atoms with Gasteiger partial charge in [-0.1, -0.05) is 37.0 Å². The molecule has 0 spiro atoms. The summed E-state index contributed by atoms with van der Waals surface area (Å²) in [5, 5.41) is 8.52. The van der Waals surface area contributed by atoms with E-state index in [1.807, 2.05) is 6.07 Å². The van der Waals surface area contributed by atoms with Gasteiger partial charge in [0.15, 0.2) is 0 Å². The Hall–Kier alpha value is 0.0700. The molecule has 0 aliphatic heterocycles. The molecule has 1 unspecified atom stereocenters. The number of alkyl halides is 2. The lowest BCUT2D eigenvalue weighted by atomic mass is 10.1. The first-order valence-electron chi connectivity index (χ1n) is 3.19. The maximum atomic E-state index is 8.52. The van der Waals surface area contributed by atoms with Gasteiger partial charge in [-0.2, -0.15) is 5.26 Å². The molecular formula is C7H9Cl2N. The van der Waals surface area contributed by atoms with Gasteiger partial charge in [-0.05, 0) is 11.8 Å². The van der Waals surface area contributed by atoms with Gasteiger partial charge in [-0.3, -0.25) is 0 Å². The number of halogens is 2. The zero-order chi connectivity index (χ0) is 7.99. The van der Waals surface area contributed by atoms with E-state index in [1.54, 1.807) is 0 Å². The van der Waals surface area contributed by atoms with Crippen molar-refractivity contribution >= 4 is 23.2 Å². The van der Waals surface area contributed by atoms with E-state index < -0.39 is 4.33 Å². The molecule has 56 valence electrons. The third-order valence-corrected chi connectivity index (χ3v) is 2.80. The summed E-state index contributed by atoms with van der Waals surface area (Å²) in [4.78, 5) is 0. The van der Waals surface area contributed by atoms with Crippen LogP contribution in [0.25, 0.3) is 0 Å². The molecule has 0 N–H and O–H groups in total. The van der Waals surface area contributed by atoms with Gasteiger partial charge >= 0.3 is 0 Å². The Kier molecular flexibility index (Phi) is 1.66. The maximum absolute atomic E-state index is 8.52. The average molecular weight is 178 g/mol. The molecule has 0 radical (unpaired) electrons. The van der Waals surface area contributed by atoms with Gasteiger partial charge in [0.1, 0.15) is 6.07 Å². The summed E-state index contributed by atoms with van der Waals surface area (Å²) in [6, 6.07) is 1.89. The molecule has 0 aromatic carbocycles. The Bertz CT molecular complexity index is 190. The van der Waals surface area contributed by atoms with Crippen molar-refractivity contribution in [1.82, 2.24) is 0 Å². The molecule has 1 fully saturated rings. The largest absolute Gasteiger partial charge is 0.206 e. The summed E-state index contributed by atoms with van der Waals surface area (Å²) in [7, 11) is 0. The minimum atomic E-state index is -1.16. The highest BCUT2D eigenvalue weighted by atomic mass is 35.5. The summed E-state index contributed by atoms with van der Waals surface area (Å²) in [6.45, 7) is 4.13. The van der Waals surface area contributed by atoms with Crippen LogP contribution in [0.4, 0.5) is 0 Å². The van der Waals surface area contributed by atoms with Crippen molar-refractivity contribution in [3.05, 3.63) is 0 Å². The maximum Gasteiger partial charge on any atom is 0.206 e. The molecular weight excluding hydrogens is 169 g/mol. The fourth-order valence-electron chi connectivity index (χ4n) is 1.16. The highest BCUT2D eigenvalue weighted by Gasteiger charge is 2.57. The van der Waals surface area contributed by atoms with Gasteiger partial charge in [0.05, 0.1) is 0 Å². The minimum Gasteiger partial charge on any atom is -0.195 e. The summed E-state index contributed by atoms with van der Waals surface area (Å²) in [6.07, 6.45) is 0.952. The zero-order valence-corrected chi connectivity index (χ0v) is 7.50. The van der Waals surface area contributed by atoms with Crippen LogP contribution in [-0.4, -0.2) is 4.33 Å². The fourth-order valence-corrected chi connectivity index (χ4v) is 1.91. The van der Waals surface area contributed by atoms with E-state index in [4.69, 9.17) is 28.5 Å². The van der Waals surface area contributed by atoms with Crippen LogP contribution in [-0.2, 0) is 0 Å². The van der Waals surface area contributed by atoms with Crippen LogP contribution in [0.1, 0.15) is 20.3 Å². The first-order valence-corrected chi connectivity index (χ1v) is 3.95. The molecule has 1 nitrogen and oxygen atoms in total. The lowest BCUT2D eigenvalue weighted by Gasteiger charge is -2.10. The quantitative estimate of drug-likeness (QED) is 0.566. The SMILES string of the molecule is CC1(C)CC1C(Cl)(Cl)C#N. The normalized spacial score (nSPS) is 29.3. The van der Waals surface area contributed by atoms with Gasteiger partial charge in [-0.15, -0.1) is 0 Å². The van der Waals surface area contributed by atoms with Crippen molar-refractivity contribution < 1.29 is 0 Å². The summed E-state index contributed by atoms with van der Waals surface area (Å²) in [5.41, 5.74) is 0.166. The van der Waals surface area contributed by atoms with Crippen molar-refractivity contribution in [2.75, 3.05) is 0 Å². The van der Waals surface area contributed by atoms with E-state index in [1.165, 1.54) is 0 Å². The van der Waals surface area contributed by atoms with Crippen molar-refractivity contribution in [3.63, 3.8) is 0 Å². The molecule has 1 rings (SSSR count). The van der Waals surface area contributed by atoms with Crippen molar-refractivity contribution in [2.45, 2.75) is 24.6 Å². The first-order chi connectivity index (χ1) is 4.40. The monoisotopic (exact) mass is 177 g/mol. The van der Waals surface area contributed by atoms with Gasteiger partial charge in [0, 0.05) is 5.92 Å². The predicted molar refractivity (Wildman–Crippen MR) is 41.9 cm³/mol. The first kappa shape index (κ1) is 8.17. The summed E-state index contributed by atoms with van der Waals surface area (Å²) < 4.78 is -1.16. The third kappa shape index (κ3) is 1.24. The topological polar surface area (TPSA) is 23.8 Å². The molecule has 0 bridgehead atoms. The van der Waals surface area contributed by atoms with Crippen molar-refractivity contribution in [1.29, 1.82) is 5.26 Å². The Morgan fingerprint density at radius 2 is 2.00 bits per heavy atom. The van der Waals surface area contributed by atoms with E-state index >= 15 is 0 Å². The fraction of sp³-hybridized carbons (Fsp3) is 0.857. The van der Waals surface area contributed by atoms with Crippen molar-refractivity contribution in [3.8, 4) is 6.07 Å². The Labute approximate surface area is 70.9 Å². The number of nitriles is 1. The van der Waals surface area contributed by atoms with Crippen LogP contribution in [0.3, 0.4) is 0 Å². The van der Waals surface area contributed by atoms with E-state index in [-0.39, 0.29) is 11.3 Å². The van der Waals surface area contributed by atoms with E-state index in [9.17, 15) is 0 Å². The highest BCUT2D eigenvalue weighted by Crippen LogP contribution is 2.60. The smallest absolute Gasteiger partial charge is 0.195 e. The van der Waals surface area contributed by atoms with Crippen molar-refractivity contribution in [2.24, 2.45) is 11.3 Å². The second-order valence-corrected chi connectivity index (χ2v) is 4.87. The predicted octanol–water partition coefficient (Wildman–Crippen LogP) is 2.73. The molecule has 1 aliphatic rings. The molecule has 1 aliphatic carbocycles. The second-order valence-electron chi connectivity index (χ2n) is 3.48. The van der Waals surface area contributed by atoms with Gasteiger partial charge in [0.25, 0.3) is 0 Å². The van der Waals surface area contributed by atoms with Crippen LogP contribution >= 0.6 is 23.2 Å². The lowest BCUT2D eigenvalue weighted by molar-refractivity contribution is 0.553. The van der Waals surface area contributed by atoms with E-state index in [0.29, 0.717) is 0 Å². The van der Waals surface area contributed by atoms with Crippen LogP contribution in [0.5, 0.6) is 0 Å². The second kappa shape index (κ2) is 2.03. The summed E-state index contributed by atoms with van der Waals surface area (Å²) in [5.74, 6) is 0.147. The number of hydrogen-bond donors (Lipinski definition) is 0. The van der Waals surface area contributed by atoms with E-state index in [0.717, 1.165) is 6.42 Å². The Balaban J connectivity index is 2.65. The number of nitrogens with zero attached hydrogens (tertiary/aromatic N) is 1. The van der Waals surface area contributed by atoms with Gasteiger partial charge < -0.3 is 0 Å². The van der Waals surface area contributed by atoms with Gasteiger partial charge in [-0.25, -0.2) is 0 Å². The summed E-state index contributed by atoms with van der Waals surface area (Å²) >= 11 is 11.4. The minimum absolute atomic E-state index is 0.147. The lowest BCUT2D eigenvalue weighted by Crippen LogP contribution is -2.15. The molecule has 0 aromatic heterocycles. The molecule has 0 heterocycles. The Morgan fingerprint density at radius 1 is 1.60 bits per heavy atom. The molecule has 0 aromatic rings. The number of hydrogen-bond acceptors (Lipinski definition) is 1. The number of rotatable bonds is 1. The van der Waals surface area contributed by atoms with Crippen LogP contribution in [0.2, 0.25) is 0 Å².